The van der Waals surface area contributed by atoms with Crippen LogP contribution < -0.4 is 0 Å². The fourth-order valence-electron chi connectivity index (χ4n) is 2.26. The van der Waals surface area contributed by atoms with E-state index in [1.54, 1.807) is 48.5 Å². The van der Waals surface area contributed by atoms with Crippen LogP contribution in [0.4, 0.5) is 5.69 Å². The molecule has 3 aromatic rings. The molecule has 0 heterocycles. The number of hydrogen-bond donors (Lipinski definition) is 0. The molecule has 0 bridgehead atoms. The molecule has 24 heavy (non-hydrogen) atoms. The van der Waals surface area contributed by atoms with Crippen LogP contribution in [0.3, 0.4) is 0 Å². The molecule has 0 saturated carbocycles. The Morgan fingerprint density at radius 2 is 1.38 bits per heavy atom. The Kier molecular flexibility index (Phi) is 5.09. The SMILES string of the molecule is O=C(C(=Nc1ccccc1)c1ccc(Cl)cc1)c1ccccc1Cl. The second-order valence-corrected chi connectivity index (χ2v) is 5.96. The average Bonchev–Trinajstić information content (AvgIpc) is 2.61. The highest BCUT2D eigenvalue weighted by atomic mass is 35.5. The molecule has 0 aliphatic rings. The summed E-state index contributed by atoms with van der Waals surface area (Å²) in [6.07, 6.45) is 0. The lowest BCUT2D eigenvalue weighted by atomic mass is 10.0. The van der Waals surface area contributed by atoms with Gasteiger partial charge >= 0.3 is 0 Å². The van der Waals surface area contributed by atoms with Gasteiger partial charge in [0.15, 0.2) is 0 Å². The van der Waals surface area contributed by atoms with Crippen molar-refractivity contribution in [3.63, 3.8) is 0 Å². The van der Waals surface area contributed by atoms with E-state index >= 15 is 0 Å². The van der Waals surface area contributed by atoms with Crippen molar-refractivity contribution in [2.45, 2.75) is 0 Å². The first kappa shape index (κ1) is 16.4. The summed E-state index contributed by atoms with van der Waals surface area (Å²) < 4.78 is 0. The van der Waals surface area contributed by atoms with Crippen molar-refractivity contribution in [2.75, 3.05) is 0 Å². The fourth-order valence-corrected chi connectivity index (χ4v) is 2.61. The molecule has 0 spiro atoms. The number of nitrogens with zero attached hydrogens (tertiary/aromatic N) is 1. The number of carbonyl (C=O) groups is 1. The highest BCUT2D eigenvalue weighted by Gasteiger charge is 2.19. The third-order valence-electron chi connectivity index (χ3n) is 3.45. The standard InChI is InChI=1S/C20H13Cl2NO/c21-15-12-10-14(11-13-15)19(23-16-6-2-1-3-7-16)20(24)17-8-4-5-9-18(17)22/h1-13H. The van der Waals surface area contributed by atoms with Gasteiger partial charge in [-0.25, -0.2) is 4.99 Å². The van der Waals surface area contributed by atoms with E-state index in [1.165, 1.54) is 0 Å². The van der Waals surface area contributed by atoms with Crippen LogP contribution in [0.25, 0.3) is 0 Å². The smallest absolute Gasteiger partial charge is 0.213 e. The van der Waals surface area contributed by atoms with Crippen LogP contribution in [-0.4, -0.2) is 11.5 Å². The number of carbonyl (C=O) groups excluding carboxylic acids is 1. The molecule has 3 aromatic carbocycles. The van der Waals surface area contributed by atoms with Gasteiger partial charge in [0.25, 0.3) is 0 Å². The van der Waals surface area contributed by atoms with Crippen LogP contribution in [0, 0.1) is 0 Å². The summed E-state index contributed by atoms with van der Waals surface area (Å²) in [5.74, 6) is -0.230. The van der Waals surface area contributed by atoms with Gasteiger partial charge in [0, 0.05) is 16.1 Å². The van der Waals surface area contributed by atoms with Crippen LogP contribution in [-0.2, 0) is 0 Å². The molecule has 0 aliphatic carbocycles. The quantitative estimate of drug-likeness (QED) is 0.417. The molecule has 118 valence electrons. The van der Waals surface area contributed by atoms with E-state index in [0.29, 0.717) is 32.6 Å². The first-order valence-electron chi connectivity index (χ1n) is 7.34. The lowest BCUT2D eigenvalue weighted by Crippen LogP contribution is -2.16. The normalized spacial score (nSPS) is 11.3. The van der Waals surface area contributed by atoms with Crippen molar-refractivity contribution in [3.05, 3.63) is 100 Å². The minimum Gasteiger partial charge on any atom is -0.287 e. The molecule has 0 unspecified atom stereocenters. The Bertz CT molecular complexity index is 887. The number of aliphatic imine (C=N–C) groups is 1. The maximum Gasteiger partial charge on any atom is 0.213 e. The van der Waals surface area contributed by atoms with Crippen LogP contribution >= 0.6 is 23.2 Å². The number of Topliss-reactive ketones (excluding diaryl/α,β-unsaturated/α-hetero) is 1. The summed E-state index contributed by atoms with van der Waals surface area (Å²) in [4.78, 5) is 17.5. The van der Waals surface area contributed by atoms with Gasteiger partial charge in [0.1, 0.15) is 5.71 Å². The summed E-state index contributed by atoms with van der Waals surface area (Å²) in [7, 11) is 0. The topological polar surface area (TPSA) is 29.4 Å². The van der Waals surface area contributed by atoms with Gasteiger partial charge in [-0.05, 0) is 36.4 Å². The first-order valence-corrected chi connectivity index (χ1v) is 8.09. The second-order valence-electron chi connectivity index (χ2n) is 5.11. The third-order valence-corrected chi connectivity index (χ3v) is 4.03. The Hall–Kier alpha value is -2.42. The van der Waals surface area contributed by atoms with E-state index < -0.39 is 0 Å². The first-order chi connectivity index (χ1) is 11.6. The van der Waals surface area contributed by atoms with Gasteiger partial charge in [-0.3, -0.25) is 4.79 Å². The van der Waals surface area contributed by atoms with Crippen molar-refractivity contribution in [1.29, 1.82) is 0 Å². The predicted molar refractivity (Wildman–Crippen MR) is 99.9 cm³/mol. The van der Waals surface area contributed by atoms with Crippen LogP contribution in [0.1, 0.15) is 15.9 Å². The zero-order valence-corrected chi connectivity index (χ0v) is 14.1. The minimum atomic E-state index is -0.230. The largest absolute Gasteiger partial charge is 0.287 e. The van der Waals surface area contributed by atoms with Crippen LogP contribution in [0.5, 0.6) is 0 Å². The van der Waals surface area contributed by atoms with Crippen molar-refractivity contribution < 1.29 is 4.79 Å². The van der Waals surface area contributed by atoms with E-state index in [2.05, 4.69) is 4.99 Å². The summed E-state index contributed by atoms with van der Waals surface area (Å²) in [6, 6.07) is 23.3. The summed E-state index contributed by atoms with van der Waals surface area (Å²) in [5, 5.41) is 1.00. The van der Waals surface area contributed by atoms with Gasteiger partial charge in [-0.1, -0.05) is 65.7 Å². The van der Waals surface area contributed by atoms with Crippen molar-refractivity contribution in [3.8, 4) is 0 Å². The predicted octanol–water partition coefficient (Wildman–Crippen LogP) is 6.00. The van der Waals surface area contributed by atoms with Crippen molar-refractivity contribution in [1.82, 2.24) is 0 Å². The minimum absolute atomic E-state index is 0.230. The number of ketones is 1. The van der Waals surface area contributed by atoms with Crippen LogP contribution in [0.2, 0.25) is 10.0 Å². The van der Waals surface area contributed by atoms with E-state index in [0.717, 1.165) is 0 Å². The number of para-hydroxylation sites is 1. The molecule has 0 amide bonds. The zero-order chi connectivity index (χ0) is 16.9. The molecule has 0 fully saturated rings. The Labute approximate surface area is 150 Å². The van der Waals surface area contributed by atoms with E-state index in [4.69, 9.17) is 23.2 Å². The van der Waals surface area contributed by atoms with Gasteiger partial charge in [0.2, 0.25) is 5.78 Å². The maximum absolute atomic E-state index is 13.0. The highest BCUT2D eigenvalue weighted by Crippen LogP contribution is 2.21. The highest BCUT2D eigenvalue weighted by molar-refractivity contribution is 6.54. The molecular weight excluding hydrogens is 341 g/mol. The summed E-state index contributed by atoms with van der Waals surface area (Å²) >= 11 is 12.1. The average molecular weight is 354 g/mol. The molecule has 0 aliphatic heterocycles. The maximum atomic E-state index is 13.0. The molecule has 0 N–H and O–H groups in total. The molecule has 4 heteroatoms. The number of hydrogen-bond acceptors (Lipinski definition) is 2. The number of halogens is 2. The molecule has 0 radical (unpaired) electrons. The zero-order valence-electron chi connectivity index (χ0n) is 12.6. The van der Waals surface area contributed by atoms with Gasteiger partial charge in [-0.2, -0.15) is 0 Å². The molecule has 2 nitrogen and oxygen atoms in total. The number of benzene rings is 3. The van der Waals surface area contributed by atoms with E-state index in [1.807, 2.05) is 30.3 Å². The summed E-state index contributed by atoms with van der Waals surface area (Å²) in [5.41, 5.74) is 2.13. The molecule has 0 saturated heterocycles. The number of rotatable bonds is 4. The lowest BCUT2D eigenvalue weighted by Gasteiger charge is -2.08. The third kappa shape index (κ3) is 3.73. The van der Waals surface area contributed by atoms with Crippen LogP contribution in [0.15, 0.2) is 83.9 Å². The van der Waals surface area contributed by atoms with E-state index in [9.17, 15) is 4.79 Å². The molecular formula is C20H13Cl2NO. The second kappa shape index (κ2) is 7.43. The lowest BCUT2D eigenvalue weighted by molar-refractivity contribution is 0.106. The Balaban J connectivity index is 2.12. The van der Waals surface area contributed by atoms with Gasteiger partial charge < -0.3 is 0 Å². The molecule has 3 rings (SSSR count). The molecule has 0 atom stereocenters. The summed E-state index contributed by atoms with van der Waals surface area (Å²) in [6.45, 7) is 0. The Morgan fingerprint density at radius 1 is 0.750 bits per heavy atom. The van der Waals surface area contributed by atoms with Crippen molar-refractivity contribution >= 4 is 40.4 Å². The van der Waals surface area contributed by atoms with E-state index in [-0.39, 0.29) is 5.78 Å². The Morgan fingerprint density at radius 3 is 2.04 bits per heavy atom. The van der Waals surface area contributed by atoms with Gasteiger partial charge in [0.05, 0.1) is 10.7 Å². The molecule has 0 aromatic heterocycles. The monoisotopic (exact) mass is 353 g/mol. The fraction of sp³-hybridized carbons (Fsp3) is 0. The van der Waals surface area contributed by atoms with Gasteiger partial charge in [-0.15, -0.1) is 0 Å². The van der Waals surface area contributed by atoms with Crippen molar-refractivity contribution in [2.24, 2.45) is 4.99 Å².